The number of halogens is 1. The van der Waals surface area contributed by atoms with Crippen molar-refractivity contribution in [1.29, 1.82) is 0 Å². The van der Waals surface area contributed by atoms with Crippen molar-refractivity contribution in [2.45, 2.75) is 0 Å². The van der Waals surface area contributed by atoms with Crippen molar-refractivity contribution in [2.24, 2.45) is 0 Å². The average Bonchev–Trinajstić information content (AvgIpc) is 3.22. The van der Waals surface area contributed by atoms with Crippen molar-refractivity contribution >= 4 is 38.3 Å². The van der Waals surface area contributed by atoms with Crippen LogP contribution in [0.1, 0.15) is 5.56 Å². The van der Waals surface area contributed by atoms with Gasteiger partial charge in [-0.15, -0.1) is 5.10 Å². The predicted molar refractivity (Wildman–Crippen MR) is 109 cm³/mol. The van der Waals surface area contributed by atoms with Crippen LogP contribution in [0.2, 0.25) is 0 Å². The number of hydrogen-bond acceptors (Lipinski definition) is 6. The average molecular weight is 444 g/mol. The van der Waals surface area contributed by atoms with Gasteiger partial charge in [-0.25, -0.2) is 0 Å². The quantitative estimate of drug-likeness (QED) is 0.484. The Bertz CT molecular complexity index is 1230. The van der Waals surface area contributed by atoms with Gasteiger partial charge in [0.25, 0.3) is 5.56 Å². The van der Waals surface area contributed by atoms with E-state index >= 15 is 0 Å². The molecule has 0 saturated heterocycles. The fraction of sp³-hybridized carbons (Fsp3) is 0.105. The van der Waals surface area contributed by atoms with Crippen molar-refractivity contribution in [3.63, 3.8) is 0 Å². The van der Waals surface area contributed by atoms with Gasteiger partial charge in [-0.3, -0.25) is 4.79 Å². The molecule has 0 radical (unpaired) electrons. The van der Waals surface area contributed by atoms with E-state index in [2.05, 4.69) is 26.0 Å². The summed E-state index contributed by atoms with van der Waals surface area (Å²) >= 11 is 4.69. The monoisotopic (exact) mass is 443 g/mol. The fourth-order valence-corrected chi connectivity index (χ4v) is 3.81. The molecule has 6 nitrogen and oxygen atoms in total. The lowest BCUT2D eigenvalue weighted by Gasteiger charge is -2.06. The number of hydrogen-bond donors (Lipinski definition) is 0. The van der Waals surface area contributed by atoms with Gasteiger partial charge in [0.2, 0.25) is 4.96 Å². The summed E-state index contributed by atoms with van der Waals surface area (Å²) < 4.78 is 13.5. The van der Waals surface area contributed by atoms with Crippen LogP contribution < -0.4 is 19.6 Å². The summed E-state index contributed by atoms with van der Waals surface area (Å²) in [5, 5.41) is 4.36. The molecule has 0 amide bonds. The van der Waals surface area contributed by atoms with E-state index in [1.165, 1.54) is 15.9 Å². The van der Waals surface area contributed by atoms with Crippen molar-refractivity contribution in [3.8, 4) is 22.9 Å². The highest BCUT2D eigenvalue weighted by Gasteiger charge is 2.12. The number of thiazole rings is 1. The van der Waals surface area contributed by atoms with Gasteiger partial charge in [0.15, 0.2) is 5.82 Å². The van der Waals surface area contributed by atoms with Gasteiger partial charge >= 0.3 is 0 Å². The Hall–Kier alpha value is -2.71. The molecule has 2 aromatic heterocycles. The molecule has 0 N–H and O–H groups in total. The number of benzene rings is 2. The second-order valence-corrected chi connectivity index (χ2v) is 7.59. The highest BCUT2D eigenvalue weighted by molar-refractivity contribution is 9.10. The molecule has 0 spiro atoms. The van der Waals surface area contributed by atoms with E-state index in [4.69, 9.17) is 9.47 Å². The summed E-state index contributed by atoms with van der Waals surface area (Å²) in [6.45, 7) is 0. The summed E-state index contributed by atoms with van der Waals surface area (Å²) in [5.74, 6) is 1.87. The topological polar surface area (TPSA) is 65.7 Å². The first-order chi connectivity index (χ1) is 13.1. The Morgan fingerprint density at radius 1 is 1.11 bits per heavy atom. The first-order valence-electron chi connectivity index (χ1n) is 7.98. The Morgan fingerprint density at radius 2 is 1.89 bits per heavy atom. The van der Waals surface area contributed by atoms with E-state index in [1.807, 2.05) is 36.4 Å². The minimum atomic E-state index is -0.212. The highest BCUT2D eigenvalue weighted by Crippen LogP contribution is 2.24. The lowest BCUT2D eigenvalue weighted by atomic mass is 10.2. The van der Waals surface area contributed by atoms with Gasteiger partial charge in [0.1, 0.15) is 11.5 Å². The van der Waals surface area contributed by atoms with Crippen LogP contribution in [-0.2, 0) is 0 Å². The lowest BCUT2D eigenvalue weighted by molar-refractivity contribution is 0.402. The van der Waals surface area contributed by atoms with E-state index in [-0.39, 0.29) is 5.56 Å². The van der Waals surface area contributed by atoms with Gasteiger partial charge in [-0.2, -0.15) is 9.50 Å². The third kappa shape index (κ3) is 3.33. The van der Waals surface area contributed by atoms with Crippen LogP contribution in [0, 0.1) is 0 Å². The minimum absolute atomic E-state index is 0.212. The normalized spacial score (nSPS) is 11.9. The van der Waals surface area contributed by atoms with E-state index in [0.29, 0.717) is 26.8 Å². The standard InChI is InChI=1S/C19H14BrN3O3S/c1-25-14-7-8-15(26-2)12(9-14)10-16-18(24)23-19(27-16)21-17(22-23)11-3-5-13(20)6-4-11/h3-10H,1-2H3. The molecule has 0 aliphatic rings. The number of methoxy groups -OCH3 is 2. The first-order valence-corrected chi connectivity index (χ1v) is 9.59. The number of fused-ring (bicyclic) bond motifs is 1. The summed E-state index contributed by atoms with van der Waals surface area (Å²) in [5.41, 5.74) is 1.40. The second kappa shape index (κ2) is 7.13. The minimum Gasteiger partial charge on any atom is -0.497 e. The van der Waals surface area contributed by atoms with Gasteiger partial charge < -0.3 is 9.47 Å². The number of rotatable bonds is 4. The summed E-state index contributed by atoms with van der Waals surface area (Å²) in [4.78, 5) is 17.8. The van der Waals surface area contributed by atoms with Crippen LogP contribution in [0.4, 0.5) is 0 Å². The molecule has 2 heterocycles. The lowest BCUT2D eigenvalue weighted by Crippen LogP contribution is -2.23. The molecule has 4 rings (SSSR count). The van der Waals surface area contributed by atoms with Crippen LogP contribution >= 0.6 is 27.3 Å². The molecule has 0 saturated carbocycles. The molecule has 0 bridgehead atoms. The highest BCUT2D eigenvalue weighted by atomic mass is 79.9. The molecule has 27 heavy (non-hydrogen) atoms. The van der Waals surface area contributed by atoms with Crippen LogP contribution in [0.5, 0.6) is 11.5 Å². The van der Waals surface area contributed by atoms with E-state index < -0.39 is 0 Å². The molecular weight excluding hydrogens is 430 g/mol. The van der Waals surface area contributed by atoms with Crippen molar-refractivity contribution < 1.29 is 9.47 Å². The van der Waals surface area contributed by atoms with Crippen molar-refractivity contribution in [2.75, 3.05) is 14.2 Å². The van der Waals surface area contributed by atoms with Crippen molar-refractivity contribution in [1.82, 2.24) is 14.6 Å². The molecule has 0 fully saturated rings. The van der Waals surface area contributed by atoms with Crippen LogP contribution in [0.3, 0.4) is 0 Å². The first kappa shape index (κ1) is 17.7. The Balaban J connectivity index is 1.81. The maximum absolute atomic E-state index is 12.7. The largest absolute Gasteiger partial charge is 0.497 e. The molecule has 4 aromatic rings. The van der Waals surface area contributed by atoms with Gasteiger partial charge in [0, 0.05) is 15.6 Å². The summed E-state index contributed by atoms with van der Waals surface area (Å²) in [7, 11) is 3.18. The Labute approximate surface area is 166 Å². The summed E-state index contributed by atoms with van der Waals surface area (Å²) in [6.07, 6.45) is 1.77. The molecule has 0 aliphatic carbocycles. The Kier molecular flexibility index (Phi) is 4.67. The van der Waals surface area contributed by atoms with Crippen LogP contribution in [-0.4, -0.2) is 28.8 Å². The van der Waals surface area contributed by atoms with Crippen LogP contribution in [0.15, 0.2) is 51.7 Å². The molecule has 8 heteroatoms. The number of ether oxygens (including phenoxy) is 2. The second-order valence-electron chi connectivity index (χ2n) is 5.66. The fourth-order valence-electron chi connectivity index (χ4n) is 2.65. The van der Waals surface area contributed by atoms with Crippen LogP contribution in [0.25, 0.3) is 22.4 Å². The SMILES string of the molecule is COc1ccc(OC)c(C=c2sc3nc(-c4ccc(Br)cc4)nn3c2=O)c1. The maximum Gasteiger partial charge on any atom is 0.291 e. The maximum atomic E-state index is 12.7. The van der Waals surface area contributed by atoms with E-state index in [1.54, 1.807) is 26.4 Å². The molecule has 136 valence electrons. The molecular formula is C19H14BrN3O3S. The van der Waals surface area contributed by atoms with E-state index in [0.717, 1.165) is 15.6 Å². The predicted octanol–water partition coefficient (Wildman–Crippen LogP) is 3.15. The number of aromatic nitrogens is 3. The van der Waals surface area contributed by atoms with Gasteiger partial charge in [-0.05, 0) is 36.4 Å². The van der Waals surface area contributed by atoms with Gasteiger partial charge in [0.05, 0.1) is 18.8 Å². The zero-order valence-corrected chi connectivity index (χ0v) is 16.9. The third-order valence-electron chi connectivity index (χ3n) is 4.01. The molecule has 0 aliphatic heterocycles. The summed E-state index contributed by atoms with van der Waals surface area (Å²) in [6, 6.07) is 13.1. The smallest absolute Gasteiger partial charge is 0.291 e. The zero-order chi connectivity index (χ0) is 19.0. The third-order valence-corrected chi connectivity index (χ3v) is 5.50. The molecule has 0 atom stereocenters. The van der Waals surface area contributed by atoms with Gasteiger partial charge in [-0.1, -0.05) is 39.4 Å². The molecule has 2 aromatic carbocycles. The Morgan fingerprint density at radius 3 is 2.56 bits per heavy atom. The molecule has 0 unspecified atom stereocenters. The van der Waals surface area contributed by atoms with Crippen molar-refractivity contribution in [3.05, 3.63) is 67.4 Å². The zero-order valence-electron chi connectivity index (χ0n) is 14.5. The van der Waals surface area contributed by atoms with E-state index in [9.17, 15) is 4.79 Å². The number of nitrogens with zero attached hydrogens (tertiary/aromatic N) is 3.